The normalized spacial score (nSPS) is 15.3. The van der Waals surface area contributed by atoms with Crippen LogP contribution in [0.3, 0.4) is 0 Å². The first kappa shape index (κ1) is 15.6. The highest BCUT2D eigenvalue weighted by Gasteiger charge is 2.25. The molecule has 3 aromatic heterocycles. The van der Waals surface area contributed by atoms with Crippen LogP contribution in [-0.4, -0.2) is 61.8 Å². The van der Waals surface area contributed by atoms with Crippen molar-refractivity contribution in [2.45, 2.75) is 19.8 Å². The summed E-state index contributed by atoms with van der Waals surface area (Å²) in [5.74, 6) is 1.28. The van der Waals surface area contributed by atoms with Crippen molar-refractivity contribution in [3.63, 3.8) is 0 Å². The number of anilines is 1. The predicted molar refractivity (Wildman–Crippen MR) is 93.8 cm³/mol. The number of fused-ring (bicyclic) bond motifs is 1. The zero-order chi connectivity index (χ0) is 17.4. The molecule has 8 nitrogen and oxygen atoms in total. The zero-order valence-electron chi connectivity index (χ0n) is 14.4. The van der Waals surface area contributed by atoms with E-state index >= 15 is 0 Å². The standard InChI is InChI=1S/C17H21N7O/c1-12(2)16-13(5-6-18-16)17(25)23-9-7-22(8-10-23)15-4-3-14-20-19-11-24(14)21-15/h3-6,11-12,18H,7-10H2,1-2H3. The monoisotopic (exact) mass is 339 g/mol. The highest BCUT2D eigenvalue weighted by Crippen LogP contribution is 2.21. The molecular weight excluding hydrogens is 318 g/mol. The molecule has 0 aliphatic carbocycles. The van der Waals surface area contributed by atoms with Crippen LogP contribution >= 0.6 is 0 Å². The molecule has 8 heteroatoms. The number of piperazine rings is 1. The molecule has 1 aliphatic heterocycles. The lowest BCUT2D eigenvalue weighted by atomic mass is 10.1. The van der Waals surface area contributed by atoms with Crippen LogP contribution in [0.1, 0.15) is 35.8 Å². The number of nitrogens with one attached hydrogen (secondary N) is 1. The lowest BCUT2D eigenvalue weighted by molar-refractivity contribution is 0.0745. The molecule has 4 rings (SSSR count). The van der Waals surface area contributed by atoms with Crippen LogP contribution in [0.2, 0.25) is 0 Å². The van der Waals surface area contributed by atoms with E-state index in [-0.39, 0.29) is 5.91 Å². The Labute approximate surface area is 145 Å². The molecule has 0 aromatic carbocycles. The fraction of sp³-hybridized carbons (Fsp3) is 0.412. The number of carbonyl (C=O) groups excluding carboxylic acids is 1. The predicted octanol–water partition coefficient (Wildman–Crippen LogP) is 1.54. The van der Waals surface area contributed by atoms with E-state index in [1.165, 1.54) is 0 Å². The van der Waals surface area contributed by atoms with E-state index in [1.54, 1.807) is 10.8 Å². The quantitative estimate of drug-likeness (QED) is 0.783. The molecule has 1 amide bonds. The van der Waals surface area contributed by atoms with Crippen LogP contribution in [0, 0.1) is 0 Å². The van der Waals surface area contributed by atoms with Gasteiger partial charge in [0.05, 0.1) is 5.56 Å². The number of H-pyrrole nitrogens is 1. The number of hydrogen-bond acceptors (Lipinski definition) is 5. The first-order valence-electron chi connectivity index (χ1n) is 8.52. The summed E-state index contributed by atoms with van der Waals surface area (Å²) in [6.07, 6.45) is 3.44. The van der Waals surface area contributed by atoms with Crippen LogP contribution in [0.25, 0.3) is 5.65 Å². The van der Waals surface area contributed by atoms with Crippen LogP contribution in [0.15, 0.2) is 30.7 Å². The second-order valence-corrected chi connectivity index (χ2v) is 6.56. The molecule has 1 N–H and O–H groups in total. The van der Waals surface area contributed by atoms with Gasteiger partial charge in [0.2, 0.25) is 0 Å². The Morgan fingerprint density at radius 3 is 2.72 bits per heavy atom. The molecule has 130 valence electrons. The smallest absolute Gasteiger partial charge is 0.255 e. The average molecular weight is 339 g/mol. The van der Waals surface area contributed by atoms with Crippen molar-refractivity contribution >= 4 is 17.4 Å². The van der Waals surface area contributed by atoms with E-state index in [0.717, 1.165) is 35.8 Å². The van der Waals surface area contributed by atoms with E-state index in [0.29, 0.717) is 19.0 Å². The van der Waals surface area contributed by atoms with E-state index in [1.807, 2.05) is 29.3 Å². The van der Waals surface area contributed by atoms with Crippen LogP contribution in [0.5, 0.6) is 0 Å². The lowest BCUT2D eigenvalue weighted by Crippen LogP contribution is -2.49. The molecule has 3 aromatic rings. The van der Waals surface area contributed by atoms with Gasteiger partial charge in [0.25, 0.3) is 5.91 Å². The Hall–Kier alpha value is -2.90. The number of hydrogen-bond donors (Lipinski definition) is 1. The SMILES string of the molecule is CC(C)c1[nH]ccc1C(=O)N1CCN(c2ccc3nncn3n2)CC1. The van der Waals surface area contributed by atoms with Gasteiger partial charge in [-0.05, 0) is 24.1 Å². The molecule has 1 fully saturated rings. The first-order chi connectivity index (χ1) is 12.1. The van der Waals surface area contributed by atoms with Crippen molar-refractivity contribution in [2.24, 2.45) is 0 Å². The van der Waals surface area contributed by atoms with Gasteiger partial charge in [-0.3, -0.25) is 4.79 Å². The maximum Gasteiger partial charge on any atom is 0.255 e. The van der Waals surface area contributed by atoms with Crippen molar-refractivity contribution in [3.05, 3.63) is 42.0 Å². The molecule has 25 heavy (non-hydrogen) atoms. The van der Waals surface area contributed by atoms with Gasteiger partial charge < -0.3 is 14.8 Å². The van der Waals surface area contributed by atoms with E-state index in [2.05, 4.69) is 39.0 Å². The zero-order valence-corrected chi connectivity index (χ0v) is 14.4. The molecular formula is C17H21N7O. The Morgan fingerprint density at radius 1 is 1.16 bits per heavy atom. The molecule has 0 saturated carbocycles. The lowest BCUT2D eigenvalue weighted by Gasteiger charge is -2.35. The molecule has 4 heterocycles. The molecule has 1 saturated heterocycles. The number of nitrogens with zero attached hydrogens (tertiary/aromatic N) is 6. The number of carbonyl (C=O) groups is 1. The molecule has 0 spiro atoms. The van der Waals surface area contributed by atoms with Gasteiger partial charge in [0.1, 0.15) is 12.1 Å². The first-order valence-corrected chi connectivity index (χ1v) is 8.52. The Balaban J connectivity index is 1.45. The Kier molecular flexibility index (Phi) is 3.87. The maximum absolute atomic E-state index is 12.8. The minimum Gasteiger partial charge on any atom is -0.364 e. The van der Waals surface area contributed by atoms with E-state index in [4.69, 9.17) is 0 Å². The minimum absolute atomic E-state index is 0.104. The maximum atomic E-state index is 12.8. The van der Waals surface area contributed by atoms with E-state index in [9.17, 15) is 4.79 Å². The van der Waals surface area contributed by atoms with Crippen molar-refractivity contribution in [2.75, 3.05) is 31.1 Å². The number of amides is 1. The summed E-state index contributed by atoms with van der Waals surface area (Å²) in [6.45, 7) is 7.06. The third kappa shape index (κ3) is 2.84. The molecule has 1 aliphatic rings. The summed E-state index contributed by atoms with van der Waals surface area (Å²) in [5, 5.41) is 12.3. The minimum atomic E-state index is 0.104. The van der Waals surface area contributed by atoms with Gasteiger partial charge >= 0.3 is 0 Å². The second-order valence-electron chi connectivity index (χ2n) is 6.56. The highest BCUT2D eigenvalue weighted by molar-refractivity contribution is 5.95. The second kappa shape index (κ2) is 6.19. The van der Waals surface area contributed by atoms with Crippen molar-refractivity contribution in [1.29, 1.82) is 0 Å². The molecule has 0 unspecified atom stereocenters. The van der Waals surface area contributed by atoms with Crippen LogP contribution in [-0.2, 0) is 0 Å². The Morgan fingerprint density at radius 2 is 1.96 bits per heavy atom. The van der Waals surface area contributed by atoms with E-state index < -0.39 is 0 Å². The molecule has 0 atom stereocenters. The third-order valence-electron chi connectivity index (χ3n) is 4.63. The average Bonchev–Trinajstić information content (AvgIpc) is 3.29. The van der Waals surface area contributed by atoms with Gasteiger partial charge in [-0.25, -0.2) is 0 Å². The summed E-state index contributed by atoms with van der Waals surface area (Å²) in [6, 6.07) is 5.73. The van der Waals surface area contributed by atoms with Crippen molar-refractivity contribution in [3.8, 4) is 0 Å². The Bertz CT molecular complexity index is 889. The number of aromatic nitrogens is 5. The van der Waals surface area contributed by atoms with Gasteiger partial charge in [-0.2, -0.15) is 4.52 Å². The fourth-order valence-corrected chi connectivity index (χ4v) is 3.24. The number of rotatable bonds is 3. The van der Waals surface area contributed by atoms with Gasteiger partial charge in [-0.15, -0.1) is 15.3 Å². The largest absolute Gasteiger partial charge is 0.364 e. The third-order valence-corrected chi connectivity index (χ3v) is 4.63. The van der Waals surface area contributed by atoms with Gasteiger partial charge in [0, 0.05) is 38.1 Å². The molecule has 0 bridgehead atoms. The summed E-state index contributed by atoms with van der Waals surface area (Å²) < 4.78 is 1.67. The van der Waals surface area contributed by atoms with Crippen molar-refractivity contribution < 1.29 is 4.79 Å². The summed E-state index contributed by atoms with van der Waals surface area (Å²) in [5.41, 5.74) is 2.52. The molecule has 0 radical (unpaired) electrons. The summed E-state index contributed by atoms with van der Waals surface area (Å²) in [7, 11) is 0. The fourth-order valence-electron chi connectivity index (χ4n) is 3.24. The van der Waals surface area contributed by atoms with Crippen molar-refractivity contribution in [1.82, 2.24) is 29.7 Å². The topological polar surface area (TPSA) is 82.4 Å². The van der Waals surface area contributed by atoms with Gasteiger partial charge in [0.15, 0.2) is 5.65 Å². The van der Waals surface area contributed by atoms with Crippen LogP contribution < -0.4 is 4.90 Å². The summed E-state index contributed by atoms with van der Waals surface area (Å²) >= 11 is 0. The summed E-state index contributed by atoms with van der Waals surface area (Å²) in [4.78, 5) is 20.1. The number of aromatic amines is 1. The van der Waals surface area contributed by atoms with Gasteiger partial charge in [-0.1, -0.05) is 13.8 Å². The highest BCUT2D eigenvalue weighted by atomic mass is 16.2. The van der Waals surface area contributed by atoms with Crippen LogP contribution in [0.4, 0.5) is 5.82 Å².